The maximum Gasteiger partial charge on any atom is 0.224 e. The zero-order valence-corrected chi connectivity index (χ0v) is 14.0. The molecule has 2 atom stereocenters. The normalized spacial score (nSPS) is 15.8. The second kappa shape index (κ2) is 7.49. The van der Waals surface area contributed by atoms with E-state index in [1.165, 1.54) is 5.56 Å². The third-order valence-corrected chi connectivity index (χ3v) is 4.49. The van der Waals surface area contributed by atoms with Crippen LogP contribution in [0.5, 0.6) is 5.75 Å². The van der Waals surface area contributed by atoms with Gasteiger partial charge in [-0.05, 0) is 41.7 Å². The van der Waals surface area contributed by atoms with E-state index >= 15 is 0 Å². The van der Waals surface area contributed by atoms with Gasteiger partial charge in [0.2, 0.25) is 5.91 Å². The van der Waals surface area contributed by atoms with Crippen molar-refractivity contribution in [3.05, 3.63) is 65.2 Å². The van der Waals surface area contributed by atoms with E-state index in [4.69, 9.17) is 10.5 Å². The zero-order valence-electron chi connectivity index (χ0n) is 14.0. The molecule has 2 aromatic rings. The molecule has 1 aliphatic heterocycles. The highest BCUT2D eigenvalue weighted by Gasteiger charge is 2.21. The van der Waals surface area contributed by atoms with Crippen LogP contribution in [0.2, 0.25) is 0 Å². The Morgan fingerprint density at radius 2 is 2.00 bits per heavy atom. The highest BCUT2D eigenvalue weighted by Crippen LogP contribution is 2.30. The summed E-state index contributed by atoms with van der Waals surface area (Å²) in [7, 11) is 0. The van der Waals surface area contributed by atoms with E-state index in [0.717, 1.165) is 36.3 Å². The molecule has 0 radical (unpaired) electrons. The molecule has 0 saturated carbocycles. The Hall–Kier alpha value is -2.33. The SMILES string of the molecule is CC(CN)C(=O)NC(c1ccccc1)c1ccc2c(c1)CCCO2. The molecule has 24 heavy (non-hydrogen) atoms. The Labute approximate surface area is 143 Å². The van der Waals surface area contributed by atoms with Crippen molar-refractivity contribution < 1.29 is 9.53 Å². The Balaban J connectivity index is 1.94. The van der Waals surface area contributed by atoms with E-state index < -0.39 is 0 Å². The molecule has 0 bridgehead atoms. The molecule has 1 amide bonds. The number of fused-ring (bicyclic) bond motifs is 1. The van der Waals surface area contributed by atoms with Crippen LogP contribution >= 0.6 is 0 Å². The second-order valence-corrected chi connectivity index (χ2v) is 6.31. The molecule has 0 aromatic heterocycles. The number of rotatable bonds is 5. The fraction of sp³-hybridized carbons (Fsp3) is 0.350. The first kappa shape index (κ1) is 16.5. The van der Waals surface area contributed by atoms with Crippen LogP contribution in [0.15, 0.2) is 48.5 Å². The second-order valence-electron chi connectivity index (χ2n) is 6.31. The van der Waals surface area contributed by atoms with Gasteiger partial charge in [0.1, 0.15) is 5.75 Å². The summed E-state index contributed by atoms with van der Waals surface area (Å²) < 4.78 is 5.70. The lowest BCUT2D eigenvalue weighted by Crippen LogP contribution is -2.36. The van der Waals surface area contributed by atoms with Crippen molar-refractivity contribution in [3.63, 3.8) is 0 Å². The van der Waals surface area contributed by atoms with Crippen molar-refractivity contribution in [2.45, 2.75) is 25.8 Å². The first-order chi connectivity index (χ1) is 11.7. The van der Waals surface area contributed by atoms with Gasteiger partial charge in [-0.3, -0.25) is 4.79 Å². The van der Waals surface area contributed by atoms with E-state index in [0.29, 0.717) is 6.54 Å². The summed E-state index contributed by atoms with van der Waals surface area (Å²) >= 11 is 0. The van der Waals surface area contributed by atoms with Gasteiger partial charge in [-0.2, -0.15) is 0 Å². The van der Waals surface area contributed by atoms with Crippen LogP contribution in [0.25, 0.3) is 0 Å². The molecule has 4 nitrogen and oxygen atoms in total. The number of hydrogen-bond donors (Lipinski definition) is 2. The molecular formula is C20H24N2O2. The first-order valence-corrected chi connectivity index (χ1v) is 8.50. The Morgan fingerprint density at radius 3 is 2.75 bits per heavy atom. The number of nitrogens with two attached hydrogens (primary N) is 1. The Bertz CT molecular complexity index is 700. The quantitative estimate of drug-likeness (QED) is 0.889. The van der Waals surface area contributed by atoms with Crippen LogP contribution in [0.3, 0.4) is 0 Å². The van der Waals surface area contributed by atoms with Gasteiger partial charge in [0.15, 0.2) is 0 Å². The molecular weight excluding hydrogens is 300 g/mol. The van der Waals surface area contributed by atoms with Crippen molar-refractivity contribution in [2.24, 2.45) is 11.7 Å². The van der Waals surface area contributed by atoms with Crippen molar-refractivity contribution in [2.75, 3.05) is 13.2 Å². The molecule has 0 spiro atoms. The molecule has 3 rings (SSSR count). The number of aryl methyl sites for hydroxylation is 1. The largest absolute Gasteiger partial charge is 0.493 e. The van der Waals surface area contributed by atoms with E-state index in [1.54, 1.807) is 0 Å². The molecule has 0 saturated heterocycles. The minimum atomic E-state index is -0.211. The molecule has 1 aliphatic rings. The summed E-state index contributed by atoms with van der Waals surface area (Å²) in [6.45, 7) is 2.96. The lowest BCUT2D eigenvalue weighted by atomic mass is 9.94. The third kappa shape index (κ3) is 3.60. The van der Waals surface area contributed by atoms with E-state index in [9.17, 15) is 4.79 Å². The fourth-order valence-corrected chi connectivity index (χ4v) is 2.96. The standard InChI is InChI=1S/C20H24N2O2/c1-14(13-21)20(23)22-19(15-6-3-2-4-7-15)17-9-10-18-16(12-17)8-5-11-24-18/h2-4,6-7,9-10,12,14,19H,5,8,11,13,21H2,1H3,(H,22,23). The number of carbonyl (C=O) groups is 1. The van der Waals surface area contributed by atoms with Gasteiger partial charge in [0, 0.05) is 12.5 Å². The monoisotopic (exact) mass is 324 g/mol. The molecule has 126 valence electrons. The number of ether oxygens (including phenoxy) is 1. The molecule has 3 N–H and O–H groups in total. The van der Waals surface area contributed by atoms with Gasteiger partial charge in [-0.25, -0.2) is 0 Å². The van der Waals surface area contributed by atoms with Gasteiger partial charge in [0.25, 0.3) is 0 Å². The van der Waals surface area contributed by atoms with Gasteiger partial charge in [-0.15, -0.1) is 0 Å². The summed E-state index contributed by atoms with van der Waals surface area (Å²) in [6, 6.07) is 16.0. The third-order valence-electron chi connectivity index (χ3n) is 4.49. The highest BCUT2D eigenvalue weighted by molar-refractivity contribution is 5.79. The van der Waals surface area contributed by atoms with Crippen LogP contribution in [-0.2, 0) is 11.2 Å². The Kier molecular flexibility index (Phi) is 5.16. The van der Waals surface area contributed by atoms with Crippen molar-refractivity contribution in [1.82, 2.24) is 5.32 Å². The van der Waals surface area contributed by atoms with Crippen LogP contribution in [-0.4, -0.2) is 19.1 Å². The molecule has 1 heterocycles. The Morgan fingerprint density at radius 1 is 1.21 bits per heavy atom. The summed E-state index contributed by atoms with van der Waals surface area (Å²) in [5.41, 5.74) is 8.98. The van der Waals surface area contributed by atoms with Crippen LogP contribution in [0.4, 0.5) is 0 Å². The topological polar surface area (TPSA) is 64.4 Å². The summed E-state index contributed by atoms with van der Waals surface area (Å²) in [5.74, 6) is 0.718. The maximum atomic E-state index is 12.4. The predicted molar refractivity (Wildman–Crippen MR) is 94.9 cm³/mol. The van der Waals surface area contributed by atoms with E-state index in [1.807, 2.05) is 49.4 Å². The predicted octanol–water partition coefficient (Wildman–Crippen LogP) is 2.81. The van der Waals surface area contributed by atoms with Crippen LogP contribution in [0, 0.1) is 5.92 Å². The molecule has 2 unspecified atom stereocenters. The average Bonchev–Trinajstić information content (AvgIpc) is 2.65. The smallest absolute Gasteiger partial charge is 0.224 e. The highest BCUT2D eigenvalue weighted by atomic mass is 16.5. The lowest BCUT2D eigenvalue weighted by Gasteiger charge is -2.24. The number of benzene rings is 2. The molecule has 4 heteroatoms. The summed E-state index contributed by atoms with van der Waals surface area (Å²) in [6.07, 6.45) is 2.04. The number of amides is 1. The number of carbonyl (C=O) groups excluding carboxylic acids is 1. The van der Waals surface area contributed by atoms with Crippen molar-refractivity contribution >= 4 is 5.91 Å². The van der Waals surface area contributed by atoms with Gasteiger partial charge in [-0.1, -0.05) is 43.3 Å². The van der Waals surface area contributed by atoms with Crippen LogP contribution < -0.4 is 15.8 Å². The minimum absolute atomic E-state index is 0.0275. The summed E-state index contributed by atoms with van der Waals surface area (Å²) in [4.78, 5) is 12.4. The van der Waals surface area contributed by atoms with Crippen molar-refractivity contribution in [3.8, 4) is 5.75 Å². The van der Waals surface area contributed by atoms with E-state index in [-0.39, 0.29) is 17.9 Å². The van der Waals surface area contributed by atoms with Crippen LogP contribution in [0.1, 0.15) is 36.1 Å². The first-order valence-electron chi connectivity index (χ1n) is 8.50. The summed E-state index contributed by atoms with van der Waals surface area (Å²) in [5, 5.41) is 3.15. The zero-order chi connectivity index (χ0) is 16.9. The maximum absolute atomic E-state index is 12.4. The lowest BCUT2D eigenvalue weighted by molar-refractivity contribution is -0.124. The van der Waals surface area contributed by atoms with Gasteiger partial charge >= 0.3 is 0 Å². The number of nitrogens with one attached hydrogen (secondary N) is 1. The molecule has 0 aliphatic carbocycles. The van der Waals surface area contributed by atoms with E-state index in [2.05, 4.69) is 11.4 Å². The van der Waals surface area contributed by atoms with Gasteiger partial charge < -0.3 is 15.8 Å². The number of hydrogen-bond acceptors (Lipinski definition) is 3. The fourth-order valence-electron chi connectivity index (χ4n) is 2.96. The van der Waals surface area contributed by atoms with Gasteiger partial charge in [0.05, 0.1) is 12.6 Å². The molecule has 2 aromatic carbocycles. The minimum Gasteiger partial charge on any atom is -0.493 e. The average molecular weight is 324 g/mol. The van der Waals surface area contributed by atoms with Crippen molar-refractivity contribution in [1.29, 1.82) is 0 Å². The molecule has 0 fully saturated rings.